The van der Waals surface area contributed by atoms with Gasteiger partial charge in [0.15, 0.2) is 5.82 Å². The van der Waals surface area contributed by atoms with Crippen molar-refractivity contribution in [2.24, 2.45) is 5.73 Å². The van der Waals surface area contributed by atoms with E-state index in [1.165, 1.54) is 25.7 Å². The number of rotatable bonds is 4. The Morgan fingerprint density at radius 3 is 2.94 bits per heavy atom. The van der Waals surface area contributed by atoms with E-state index >= 15 is 0 Å². The van der Waals surface area contributed by atoms with E-state index in [9.17, 15) is 0 Å². The topological polar surface area (TPSA) is 96.3 Å². The molecule has 1 saturated carbocycles. The van der Waals surface area contributed by atoms with Gasteiger partial charge in [-0.3, -0.25) is 5.10 Å². The van der Waals surface area contributed by atoms with E-state index in [1.54, 1.807) is 12.5 Å². The molecule has 0 aliphatic heterocycles. The third-order valence-corrected chi connectivity index (χ3v) is 3.59. The lowest BCUT2D eigenvalue weighted by Crippen LogP contribution is -2.15. The zero-order chi connectivity index (χ0) is 12.4. The number of nitrogens with zero attached hydrogens (tertiary/aromatic N) is 3. The summed E-state index contributed by atoms with van der Waals surface area (Å²) in [6.45, 7) is 0. The van der Waals surface area contributed by atoms with Crippen LogP contribution >= 0.6 is 0 Å². The van der Waals surface area contributed by atoms with E-state index in [2.05, 4.69) is 25.1 Å². The van der Waals surface area contributed by atoms with E-state index in [-0.39, 0.29) is 6.04 Å². The molecule has 2 heterocycles. The Labute approximate surface area is 105 Å². The quantitative estimate of drug-likeness (QED) is 0.760. The highest BCUT2D eigenvalue weighted by molar-refractivity contribution is 5.06. The number of aromatic nitrogens is 5. The Morgan fingerprint density at radius 2 is 2.22 bits per heavy atom. The smallest absolute Gasteiger partial charge is 0.167 e. The third-order valence-electron chi connectivity index (χ3n) is 3.59. The molecule has 0 unspecified atom stereocenters. The lowest BCUT2D eigenvalue weighted by Gasteiger charge is -2.05. The van der Waals surface area contributed by atoms with Crippen molar-refractivity contribution < 1.29 is 0 Å². The molecular weight excluding hydrogens is 228 g/mol. The minimum Gasteiger partial charge on any atom is -0.348 e. The van der Waals surface area contributed by atoms with Gasteiger partial charge in [-0.25, -0.2) is 9.97 Å². The number of hydrogen-bond donors (Lipinski definition) is 3. The molecular formula is C12H18N6. The molecule has 0 radical (unpaired) electrons. The van der Waals surface area contributed by atoms with Crippen LogP contribution in [0.2, 0.25) is 0 Å². The minimum absolute atomic E-state index is 0.183. The molecule has 0 saturated heterocycles. The number of aromatic amines is 2. The second kappa shape index (κ2) is 4.89. The molecule has 6 heteroatoms. The van der Waals surface area contributed by atoms with Crippen LogP contribution in [0, 0.1) is 0 Å². The molecule has 2 aromatic heterocycles. The largest absolute Gasteiger partial charge is 0.348 e. The highest BCUT2D eigenvalue weighted by Crippen LogP contribution is 2.32. The lowest BCUT2D eigenvalue weighted by molar-refractivity contribution is 0.653. The molecule has 0 aromatic carbocycles. The molecule has 0 spiro atoms. The minimum atomic E-state index is -0.183. The van der Waals surface area contributed by atoms with Crippen LogP contribution in [-0.4, -0.2) is 25.1 Å². The van der Waals surface area contributed by atoms with Gasteiger partial charge in [-0.1, -0.05) is 12.8 Å². The Morgan fingerprint density at radius 1 is 1.39 bits per heavy atom. The zero-order valence-electron chi connectivity index (χ0n) is 10.3. The first-order chi connectivity index (χ1) is 8.83. The van der Waals surface area contributed by atoms with E-state index in [4.69, 9.17) is 5.73 Å². The summed E-state index contributed by atoms with van der Waals surface area (Å²) in [5, 5.41) is 7.29. The second-order valence-corrected chi connectivity index (χ2v) is 4.95. The van der Waals surface area contributed by atoms with E-state index in [0.717, 1.165) is 11.5 Å². The normalized spacial score (nSPS) is 18.3. The summed E-state index contributed by atoms with van der Waals surface area (Å²) < 4.78 is 0. The Bertz CT molecular complexity index is 482. The molecule has 1 aliphatic rings. The summed E-state index contributed by atoms with van der Waals surface area (Å²) in [6, 6.07) is -0.183. The van der Waals surface area contributed by atoms with Crippen molar-refractivity contribution in [1.82, 2.24) is 25.1 Å². The number of nitrogens with two attached hydrogens (primary N) is 1. The fraction of sp³-hybridized carbons (Fsp3) is 0.583. The SMILES string of the molecule is N[C@H](Cc1cnc[nH]1)c1n[nH]c(C2CCCC2)n1. The van der Waals surface area contributed by atoms with Gasteiger partial charge in [0, 0.05) is 24.2 Å². The molecule has 1 fully saturated rings. The van der Waals surface area contributed by atoms with Gasteiger partial charge in [-0.05, 0) is 12.8 Å². The molecule has 4 N–H and O–H groups in total. The van der Waals surface area contributed by atoms with E-state index in [0.29, 0.717) is 18.2 Å². The average Bonchev–Trinajstić information content (AvgIpc) is 3.11. The summed E-state index contributed by atoms with van der Waals surface area (Å²) in [5.41, 5.74) is 7.11. The molecule has 96 valence electrons. The van der Waals surface area contributed by atoms with Crippen LogP contribution in [0.4, 0.5) is 0 Å². The van der Waals surface area contributed by atoms with E-state index < -0.39 is 0 Å². The van der Waals surface area contributed by atoms with Crippen LogP contribution in [0.5, 0.6) is 0 Å². The fourth-order valence-electron chi connectivity index (χ4n) is 2.56. The Hall–Kier alpha value is -1.69. The van der Waals surface area contributed by atoms with Gasteiger partial charge in [-0.2, -0.15) is 5.10 Å². The molecule has 18 heavy (non-hydrogen) atoms. The predicted molar refractivity (Wildman–Crippen MR) is 66.8 cm³/mol. The maximum Gasteiger partial charge on any atom is 0.167 e. The van der Waals surface area contributed by atoms with Crippen LogP contribution in [0.15, 0.2) is 12.5 Å². The Kier molecular flexibility index (Phi) is 3.10. The number of hydrogen-bond acceptors (Lipinski definition) is 4. The fourth-order valence-corrected chi connectivity index (χ4v) is 2.56. The van der Waals surface area contributed by atoms with E-state index in [1.807, 2.05) is 0 Å². The van der Waals surface area contributed by atoms with Crippen molar-refractivity contribution in [3.63, 3.8) is 0 Å². The van der Waals surface area contributed by atoms with Crippen molar-refractivity contribution in [3.8, 4) is 0 Å². The molecule has 1 aliphatic carbocycles. The molecule has 1 atom stereocenters. The molecule has 6 nitrogen and oxygen atoms in total. The Balaban J connectivity index is 1.68. The maximum atomic E-state index is 6.11. The van der Waals surface area contributed by atoms with Crippen LogP contribution < -0.4 is 5.73 Å². The molecule has 0 bridgehead atoms. The maximum absolute atomic E-state index is 6.11. The van der Waals surface area contributed by atoms with Gasteiger partial charge in [0.1, 0.15) is 5.82 Å². The van der Waals surface area contributed by atoms with Crippen LogP contribution in [0.1, 0.15) is 55.0 Å². The second-order valence-electron chi connectivity index (χ2n) is 4.95. The molecule has 3 rings (SSSR count). The first kappa shape index (κ1) is 11.4. The van der Waals surface area contributed by atoms with Crippen LogP contribution in [0.3, 0.4) is 0 Å². The van der Waals surface area contributed by atoms with Crippen molar-refractivity contribution >= 4 is 0 Å². The standard InChI is InChI=1S/C12H18N6/c13-10(5-9-6-14-7-15-9)12-16-11(17-18-12)8-3-1-2-4-8/h6-8,10H,1-5,13H2,(H,14,15)(H,16,17,18)/t10-/m1/s1. The molecule has 0 amide bonds. The highest BCUT2D eigenvalue weighted by Gasteiger charge is 2.22. The van der Waals surface area contributed by atoms with Gasteiger partial charge in [-0.15, -0.1) is 0 Å². The predicted octanol–water partition coefficient (Wildman–Crippen LogP) is 1.43. The molecule has 2 aromatic rings. The highest BCUT2D eigenvalue weighted by atomic mass is 15.2. The van der Waals surface area contributed by atoms with Crippen LogP contribution in [-0.2, 0) is 6.42 Å². The summed E-state index contributed by atoms with van der Waals surface area (Å²) in [5.74, 6) is 2.25. The van der Waals surface area contributed by atoms with Gasteiger partial charge >= 0.3 is 0 Å². The first-order valence-corrected chi connectivity index (χ1v) is 6.48. The van der Waals surface area contributed by atoms with Crippen LogP contribution in [0.25, 0.3) is 0 Å². The third kappa shape index (κ3) is 2.28. The first-order valence-electron chi connectivity index (χ1n) is 6.48. The van der Waals surface area contributed by atoms with Crippen molar-refractivity contribution in [1.29, 1.82) is 0 Å². The zero-order valence-corrected chi connectivity index (χ0v) is 10.3. The van der Waals surface area contributed by atoms with Gasteiger partial charge < -0.3 is 10.7 Å². The monoisotopic (exact) mass is 246 g/mol. The van der Waals surface area contributed by atoms with Gasteiger partial charge in [0.05, 0.1) is 12.4 Å². The summed E-state index contributed by atoms with van der Waals surface area (Å²) in [7, 11) is 0. The summed E-state index contributed by atoms with van der Waals surface area (Å²) in [4.78, 5) is 11.6. The number of H-pyrrole nitrogens is 2. The lowest BCUT2D eigenvalue weighted by atomic mass is 10.1. The number of imidazole rings is 1. The van der Waals surface area contributed by atoms with Gasteiger partial charge in [0.25, 0.3) is 0 Å². The number of nitrogens with one attached hydrogen (secondary N) is 2. The summed E-state index contributed by atoms with van der Waals surface area (Å²) in [6.07, 6.45) is 9.13. The van der Waals surface area contributed by atoms with Crippen molar-refractivity contribution in [2.75, 3.05) is 0 Å². The van der Waals surface area contributed by atoms with Gasteiger partial charge in [0.2, 0.25) is 0 Å². The van der Waals surface area contributed by atoms with Crippen molar-refractivity contribution in [3.05, 3.63) is 29.9 Å². The van der Waals surface area contributed by atoms with Crippen molar-refractivity contribution in [2.45, 2.75) is 44.1 Å². The average molecular weight is 246 g/mol. The summed E-state index contributed by atoms with van der Waals surface area (Å²) >= 11 is 0.